The normalized spacial score (nSPS) is 16.3. The Morgan fingerprint density at radius 3 is 2.58 bits per heavy atom. The van der Waals surface area contributed by atoms with Gasteiger partial charge in [-0.3, -0.25) is 4.90 Å². The Morgan fingerprint density at radius 2 is 1.79 bits per heavy atom. The molecule has 0 saturated carbocycles. The first-order valence-electron chi connectivity index (χ1n) is 8.78. The van der Waals surface area contributed by atoms with E-state index in [1.54, 1.807) is 0 Å². The fraction of sp³-hybridized carbons (Fsp3) is 0.350. The van der Waals surface area contributed by atoms with Crippen molar-refractivity contribution < 1.29 is 4.79 Å². The average molecular weight is 321 g/mol. The minimum absolute atomic E-state index is 0.00354. The number of nitrogens with one attached hydrogen (secondary N) is 1. The molecule has 4 heteroatoms. The predicted octanol–water partition coefficient (Wildman–Crippen LogP) is 3.56. The van der Waals surface area contributed by atoms with Gasteiger partial charge in [-0.25, -0.2) is 4.79 Å². The first-order chi connectivity index (χ1) is 11.8. The van der Waals surface area contributed by atoms with Crippen LogP contribution >= 0.6 is 0 Å². The van der Waals surface area contributed by atoms with Crippen LogP contribution in [-0.2, 0) is 13.0 Å². The van der Waals surface area contributed by atoms with Crippen molar-refractivity contribution in [1.82, 2.24) is 5.32 Å². The lowest BCUT2D eigenvalue weighted by molar-refractivity contribution is 0.246. The van der Waals surface area contributed by atoms with Gasteiger partial charge in [0.2, 0.25) is 0 Å². The van der Waals surface area contributed by atoms with Gasteiger partial charge in [0, 0.05) is 31.9 Å². The number of carbonyl (C=O) groups excluding carboxylic acids is 1. The van der Waals surface area contributed by atoms with Crippen molar-refractivity contribution in [2.45, 2.75) is 25.8 Å². The number of amides is 2. The van der Waals surface area contributed by atoms with Crippen molar-refractivity contribution in [2.75, 3.05) is 29.4 Å². The van der Waals surface area contributed by atoms with Gasteiger partial charge in [-0.05, 0) is 42.5 Å². The van der Waals surface area contributed by atoms with E-state index >= 15 is 0 Å². The fourth-order valence-electron chi connectivity index (χ4n) is 3.62. The maximum Gasteiger partial charge on any atom is 0.322 e. The molecule has 0 unspecified atom stereocenters. The van der Waals surface area contributed by atoms with Crippen LogP contribution in [0.15, 0.2) is 48.5 Å². The number of benzene rings is 2. The average Bonchev–Trinajstić information content (AvgIpc) is 3.29. The minimum atomic E-state index is -0.00354. The lowest BCUT2D eigenvalue weighted by Crippen LogP contribution is -2.38. The highest BCUT2D eigenvalue weighted by Crippen LogP contribution is 2.33. The summed E-state index contributed by atoms with van der Waals surface area (Å²) >= 11 is 0. The van der Waals surface area contributed by atoms with Crippen molar-refractivity contribution in [3.05, 3.63) is 59.7 Å². The zero-order chi connectivity index (χ0) is 16.4. The van der Waals surface area contributed by atoms with Gasteiger partial charge in [0.25, 0.3) is 0 Å². The van der Waals surface area contributed by atoms with E-state index in [9.17, 15) is 4.79 Å². The van der Waals surface area contributed by atoms with Crippen LogP contribution in [0.25, 0.3) is 0 Å². The summed E-state index contributed by atoms with van der Waals surface area (Å²) in [6.45, 7) is 3.58. The summed E-state index contributed by atoms with van der Waals surface area (Å²) in [4.78, 5) is 16.9. The first kappa shape index (κ1) is 15.1. The zero-order valence-corrected chi connectivity index (χ0v) is 13.9. The summed E-state index contributed by atoms with van der Waals surface area (Å²) in [6.07, 6.45) is 3.46. The number of fused-ring (bicyclic) bond motifs is 1. The third-order valence-corrected chi connectivity index (χ3v) is 4.97. The molecular formula is C20H23N3O. The number of carbonyl (C=O) groups is 1. The largest absolute Gasteiger partial charge is 0.371 e. The summed E-state index contributed by atoms with van der Waals surface area (Å²) in [7, 11) is 0. The summed E-state index contributed by atoms with van der Waals surface area (Å²) in [5.41, 5.74) is 4.71. The van der Waals surface area contributed by atoms with Crippen LogP contribution < -0.4 is 15.1 Å². The molecule has 2 amide bonds. The topological polar surface area (TPSA) is 35.6 Å². The van der Waals surface area contributed by atoms with Gasteiger partial charge in [0.1, 0.15) is 0 Å². The molecule has 4 rings (SSSR count). The molecule has 1 fully saturated rings. The molecule has 1 saturated heterocycles. The van der Waals surface area contributed by atoms with Gasteiger partial charge in [-0.2, -0.15) is 0 Å². The Labute approximate surface area is 143 Å². The second kappa shape index (κ2) is 6.56. The van der Waals surface area contributed by atoms with Crippen LogP contribution in [0.4, 0.5) is 16.2 Å². The number of hydrogen-bond donors (Lipinski definition) is 1. The van der Waals surface area contributed by atoms with E-state index in [2.05, 4.69) is 28.4 Å². The number of urea groups is 1. The van der Waals surface area contributed by atoms with Gasteiger partial charge in [-0.1, -0.05) is 36.4 Å². The molecule has 2 aromatic rings. The summed E-state index contributed by atoms with van der Waals surface area (Å²) in [5, 5.41) is 3.04. The van der Waals surface area contributed by atoms with E-state index in [4.69, 9.17) is 0 Å². The van der Waals surface area contributed by atoms with Crippen LogP contribution in [0, 0.1) is 0 Å². The van der Waals surface area contributed by atoms with E-state index in [0.29, 0.717) is 6.54 Å². The van der Waals surface area contributed by atoms with Crippen molar-refractivity contribution in [3.63, 3.8) is 0 Å². The second-order valence-electron chi connectivity index (χ2n) is 6.55. The Balaban J connectivity index is 1.48. The molecule has 0 atom stereocenters. The Bertz CT molecular complexity index is 723. The van der Waals surface area contributed by atoms with E-state index in [0.717, 1.165) is 37.3 Å². The number of hydrogen-bond acceptors (Lipinski definition) is 2. The molecular weight excluding hydrogens is 298 g/mol. The molecule has 2 aliphatic rings. The lowest BCUT2D eigenvalue weighted by atomic mass is 10.1. The van der Waals surface area contributed by atoms with Crippen LogP contribution in [0.1, 0.15) is 24.0 Å². The molecule has 2 aliphatic heterocycles. The molecule has 0 aliphatic carbocycles. The molecule has 24 heavy (non-hydrogen) atoms. The minimum Gasteiger partial charge on any atom is -0.371 e. The van der Waals surface area contributed by atoms with Crippen molar-refractivity contribution >= 4 is 17.4 Å². The number of rotatable bonds is 3. The molecule has 0 bridgehead atoms. The smallest absolute Gasteiger partial charge is 0.322 e. The molecule has 124 valence electrons. The lowest BCUT2D eigenvalue weighted by Gasteiger charge is -2.22. The standard InChI is InChI=1S/C20H23N3O/c24-20(21-15-16-6-2-1-3-7-16)23-13-10-17-8-9-18(14-19(17)23)22-11-4-5-12-22/h1-3,6-9,14H,4-5,10-13,15H2,(H,21,24). The van der Waals surface area contributed by atoms with Crippen molar-refractivity contribution in [2.24, 2.45) is 0 Å². The Morgan fingerprint density at radius 1 is 1.00 bits per heavy atom. The van der Waals surface area contributed by atoms with E-state index < -0.39 is 0 Å². The molecule has 2 heterocycles. The second-order valence-corrected chi connectivity index (χ2v) is 6.55. The third-order valence-electron chi connectivity index (χ3n) is 4.97. The van der Waals surface area contributed by atoms with Gasteiger partial charge in [0.15, 0.2) is 0 Å². The van der Waals surface area contributed by atoms with E-state index in [-0.39, 0.29) is 6.03 Å². The molecule has 4 nitrogen and oxygen atoms in total. The van der Waals surface area contributed by atoms with E-state index in [1.165, 1.54) is 24.1 Å². The molecule has 0 spiro atoms. The highest BCUT2D eigenvalue weighted by Gasteiger charge is 2.25. The van der Waals surface area contributed by atoms with Crippen LogP contribution in [-0.4, -0.2) is 25.7 Å². The predicted molar refractivity (Wildman–Crippen MR) is 97.6 cm³/mol. The fourth-order valence-corrected chi connectivity index (χ4v) is 3.62. The van der Waals surface area contributed by atoms with Crippen LogP contribution in [0.2, 0.25) is 0 Å². The highest BCUT2D eigenvalue weighted by atomic mass is 16.2. The van der Waals surface area contributed by atoms with Crippen LogP contribution in [0.5, 0.6) is 0 Å². The number of nitrogens with zero attached hydrogens (tertiary/aromatic N) is 2. The highest BCUT2D eigenvalue weighted by molar-refractivity contribution is 5.94. The van der Waals surface area contributed by atoms with Crippen molar-refractivity contribution in [1.29, 1.82) is 0 Å². The SMILES string of the molecule is O=C(NCc1ccccc1)N1CCc2ccc(N3CCCC3)cc21. The Hall–Kier alpha value is -2.49. The van der Waals surface area contributed by atoms with Crippen LogP contribution in [0.3, 0.4) is 0 Å². The van der Waals surface area contributed by atoms with Gasteiger partial charge < -0.3 is 10.2 Å². The van der Waals surface area contributed by atoms with Crippen molar-refractivity contribution in [3.8, 4) is 0 Å². The molecule has 2 aromatic carbocycles. The van der Waals surface area contributed by atoms with Gasteiger partial charge >= 0.3 is 6.03 Å². The summed E-state index contributed by atoms with van der Waals surface area (Å²) < 4.78 is 0. The maximum atomic E-state index is 12.6. The molecule has 0 radical (unpaired) electrons. The summed E-state index contributed by atoms with van der Waals surface area (Å²) in [6, 6.07) is 16.6. The molecule has 0 aromatic heterocycles. The number of anilines is 2. The Kier molecular flexibility index (Phi) is 4.11. The zero-order valence-electron chi connectivity index (χ0n) is 13.9. The van der Waals surface area contributed by atoms with Gasteiger partial charge in [0.05, 0.1) is 5.69 Å². The molecule has 1 N–H and O–H groups in total. The summed E-state index contributed by atoms with van der Waals surface area (Å²) in [5.74, 6) is 0. The first-order valence-corrected chi connectivity index (χ1v) is 8.78. The maximum absolute atomic E-state index is 12.6. The monoisotopic (exact) mass is 321 g/mol. The quantitative estimate of drug-likeness (QED) is 0.938. The third kappa shape index (κ3) is 2.96. The van der Waals surface area contributed by atoms with E-state index in [1.807, 2.05) is 35.2 Å². The van der Waals surface area contributed by atoms with Gasteiger partial charge in [-0.15, -0.1) is 0 Å².